The van der Waals surface area contributed by atoms with Gasteiger partial charge in [0.05, 0.1) is 12.0 Å². The molecule has 19 heavy (non-hydrogen) atoms. The highest BCUT2D eigenvalue weighted by Crippen LogP contribution is 2.29. The van der Waals surface area contributed by atoms with Crippen LogP contribution in [0.2, 0.25) is 5.02 Å². The van der Waals surface area contributed by atoms with E-state index in [2.05, 4.69) is 5.32 Å². The zero-order valence-corrected chi connectivity index (χ0v) is 12.4. The Morgan fingerprint density at radius 3 is 2.63 bits per heavy atom. The van der Waals surface area contributed by atoms with Gasteiger partial charge in [0.2, 0.25) is 5.91 Å². The minimum Gasteiger partial charge on any atom is -0.349 e. The van der Waals surface area contributed by atoms with E-state index in [0.717, 1.165) is 31.2 Å². The van der Waals surface area contributed by atoms with Gasteiger partial charge in [-0.05, 0) is 30.5 Å². The fourth-order valence-corrected chi connectivity index (χ4v) is 3.24. The Morgan fingerprint density at radius 1 is 1.26 bits per heavy atom. The first kappa shape index (κ1) is 14.7. The van der Waals surface area contributed by atoms with E-state index in [4.69, 9.17) is 23.2 Å². The molecule has 1 aliphatic carbocycles. The number of benzene rings is 1. The van der Waals surface area contributed by atoms with Crippen LogP contribution in [0.25, 0.3) is 0 Å². The number of alkyl halides is 1. The van der Waals surface area contributed by atoms with Gasteiger partial charge in [0.25, 0.3) is 0 Å². The SMILES string of the molecule is O=C(Cc1cccc(Cl)c1)NC1(CCl)CCCCC1. The van der Waals surface area contributed by atoms with Crippen LogP contribution >= 0.6 is 23.2 Å². The molecule has 2 rings (SSSR count). The van der Waals surface area contributed by atoms with Crippen LogP contribution in [0, 0.1) is 0 Å². The molecule has 1 fully saturated rings. The van der Waals surface area contributed by atoms with Crippen molar-refractivity contribution in [2.75, 3.05) is 5.88 Å². The number of hydrogen-bond donors (Lipinski definition) is 1. The van der Waals surface area contributed by atoms with Gasteiger partial charge in [0.15, 0.2) is 0 Å². The maximum absolute atomic E-state index is 12.1. The van der Waals surface area contributed by atoms with Crippen LogP contribution in [0.1, 0.15) is 37.7 Å². The van der Waals surface area contributed by atoms with Crippen molar-refractivity contribution in [2.24, 2.45) is 0 Å². The second-order valence-corrected chi connectivity index (χ2v) is 6.03. The summed E-state index contributed by atoms with van der Waals surface area (Å²) >= 11 is 12.0. The Labute approximate surface area is 124 Å². The standard InChI is InChI=1S/C15H19Cl2NO/c16-11-15(7-2-1-3-8-15)18-14(19)10-12-5-4-6-13(17)9-12/h4-6,9H,1-3,7-8,10-11H2,(H,18,19). The van der Waals surface area contributed by atoms with Crippen molar-refractivity contribution in [3.8, 4) is 0 Å². The first-order valence-corrected chi connectivity index (χ1v) is 7.66. The van der Waals surface area contributed by atoms with E-state index in [9.17, 15) is 4.79 Å². The lowest BCUT2D eigenvalue weighted by Crippen LogP contribution is -2.51. The normalized spacial score (nSPS) is 18.0. The van der Waals surface area contributed by atoms with Crippen molar-refractivity contribution >= 4 is 29.1 Å². The summed E-state index contributed by atoms with van der Waals surface area (Å²) in [5.74, 6) is 0.527. The fraction of sp³-hybridized carbons (Fsp3) is 0.533. The molecule has 1 aromatic rings. The molecule has 1 N–H and O–H groups in total. The molecule has 1 amide bonds. The van der Waals surface area contributed by atoms with Crippen LogP contribution in [0.5, 0.6) is 0 Å². The number of nitrogens with one attached hydrogen (secondary N) is 1. The molecule has 0 saturated heterocycles. The molecular weight excluding hydrogens is 281 g/mol. The van der Waals surface area contributed by atoms with Gasteiger partial charge in [-0.2, -0.15) is 0 Å². The van der Waals surface area contributed by atoms with Gasteiger partial charge in [-0.3, -0.25) is 4.79 Å². The van der Waals surface area contributed by atoms with Crippen molar-refractivity contribution in [3.63, 3.8) is 0 Å². The Balaban J connectivity index is 1.96. The van der Waals surface area contributed by atoms with E-state index in [0.29, 0.717) is 17.3 Å². The largest absolute Gasteiger partial charge is 0.349 e. The Hall–Kier alpha value is -0.730. The smallest absolute Gasteiger partial charge is 0.224 e. The topological polar surface area (TPSA) is 29.1 Å². The summed E-state index contributed by atoms with van der Waals surface area (Å²) in [6.07, 6.45) is 5.85. The average molecular weight is 300 g/mol. The van der Waals surface area contributed by atoms with Crippen LogP contribution in [0.15, 0.2) is 24.3 Å². The minimum atomic E-state index is -0.199. The van der Waals surface area contributed by atoms with Gasteiger partial charge in [-0.15, -0.1) is 11.6 Å². The number of halogens is 2. The fourth-order valence-electron chi connectivity index (χ4n) is 2.69. The van der Waals surface area contributed by atoms with Gasteiger partial charge in [0, 0.05) is 10.9 Å². The van der Waals surface area contributed by atoms with E-state index in [-0.39, 0.29) is 11.4 Å². The summed E-state index contributed by atoms with van der Waals surface area (Å²) in [4.78, 5) is 12.1. The van der Waals surface area contributed by atoms with Crippen molar-refractivity contribution in [3.05, 3.63) is 34.9 Å². The summed E-state index contributed by atoms with van der Waals surface area (Å²) in [5, 5.41) is 3.80. The van der Waals surface area contributed by atoms with Crippen LogP contribution in [0.3, 0.4) is 0 Å². The van der Waals surface area contributed by atoms with E-state index < -0.39 is 0 Å². The molecule has 0 bridgehead atoms. The zero-order valence-electron chi connectivity index (χ0n) is 10.9. The molecule has 1 saturated carbocycles. The molecule has 0 unspecified atom stereocenters. The first-order chi connectivity index (χ1) is 9.13. The molecule has 2 nitrogen and oxygen atoms in total. The lowest BCUT2D eigenvalue weighted by atomic mass is 9.83. The molecule has 0 heterocycles. The summed E-state index contributed by atoms with van der Waals surface area (Å²) in [5.41, 5.74) is 0.737. The maximum atomic E-state index is 12.1. The van der Waals surface area contributed by atoms with Crippen molar-refractivity contribution in [2.45, 2.75) is 44.1 Å². The highest BCUT2D eigenvalue weighted by atomic mass is 35.5. The molecule has 1 aliphatic rings. The molecule has 4 heteroatoms. The molecule has 1 aromatic carbocycles. The van der Waals surface area contributed by atoms with E-state index in [1.165, 1.54) is 6.42 Å². The molecule has 0 aromatic heterocycles. The van der Waals surface area contributed by atoms with Crippen molar-refractivity contribution in [1.82, 2.24) is 5.32 Å². The van der Waals surface area contributed by atoms with Crippen LogP contribution in [-0.2, 0) is 11.2 Å². The minimum absolute atomic E-state index is 0.0322. The molecule has 0 atom stereocenters. The third-order valence-electron chi connectivity index (χ3n) is 3.72. The van der Waals surface area contributed by atoms with Crippen molar-refractivity contribution in [1.29, 1.82) is 0 Å². The number of amides is 1. The summed E-state index contributed by atoms with van der Waals surface area (Å²) in [6, 6.07) is 7.42. The van der Waals surface area contributed by atoms with Crippen LogP contribution in [0.4, 0.5) is 0 Å². The highest BCUT2D eigenvalue weighted by Gasteiger charge is 2.32. The molecule has 104 valence electrons. The summed E-state index contributed by atoms with van der Waals surface area (Å²) < 4.78 is 0. The van der Waals surface area contributed by atoms with E-state index in [1.54, 1.807) is 0 Å². The first-order valence-electron chi connectivity index (χ1n) is 6.75. The van der Waals surface area contributed by atoms with Gasteiger partial charge in [-0.1, -0.05) is 43.0 Å². The summed E-state index contributed by atoms with van der Waals surface area (Å²) in [7, 11) is 0. The number of carbonyl (C=O) groups excluding carboxylic acids is 1. The van der Waals surface area contributed by atoms with E-state index >= 15 is 0 Å². The lowest BCUT2D eigenvalue weighted by Gasteiger charge is -2.36. The van der Waals surface area contributed by atoms with Gasteiger partial charge < -0.3 is 5.32 Å². The molecule has 0 aliphatic heterocycles. The quantitative estimate of drug-likeness (QED) is 0.838. The highest BCUT2D eigenvalue weighted by molar-refractivity contribution is 6.30. The Morgan fingerprint density at radius 2 is 2.00 bits per heavy atom. The zero-order chi connectivity index (χ0) is 13.7. The van der Waals surface area contributed by atoms with Crippen LogP contribution in [-0.4, -0.2) is 17.3 Å². The Kier molecular flexibility index (Phi) is 5.12. The second-order valence-electron chi connectivity index (χ2n) is 5.33. The maximum Gasteiger partial charge on any atom is 0.224 e. The number of rotatable bonds is 4. The van der Waals surface area contributed by atoms with Crippen LogP contribution < -0.4 is 5.32 Å². The van der Waals surface area contributed by atoms with Crippen molar-refractivity contribution < 1.29 is 4.79 Å². The van der Waals surface area contributed by atoms with Gasteiger partial charge in [-0.25, -0.2) is 0 Å². The molecular formula is C15H19Cl2NO. The second kappa shape index (κ2) is 6.62. The lowest BCUT2D eigenvalue weighted by molar-refractivity contribution is -0.122. The predicted molar refractivity (Wildman–Crippen MR) is 79.8 cm³/mol. The number of carbonyl (C=O) groups is 1. The Bertz CT molecular complexity index is 442. The third kappa shape index (κ3) is 4.12. The predicted octanol–water partition coefficient (Wildman–Crippen LogP) is 3.94. The molecule has 0 radical (unpaired) electrons. The van der Waals surface area contributed by atoms with Gasteiger partial charge >= 0.3 is 0 Å². The average Bonchev–Trinajstić information content (AvgIpc) is 2.39. The third-order valence-corrected chi connectivity index (χ3v) is 4.47. The monoisotopic (exact) mass is 299 g/mol. The summed E-state index contributed by atoms with van der Waals surface area (Å²) in [6.45, 7) is 0. The van der Waals surface area contributed by atoms with Gasteiger partial charge in [0.1, 0.15) is 0 Å². The molecule has 0 spiro atoms. The van der Waals surface area contributed by atoms with E-state index in [1.807, 2.05) is 24.3 Å². The number of hydrogen-bond acceptors (Lipinski definition) is 1.